The molecule has 0 rings (SSSR count). The predicted octanol–water partition coefficient (Wildman–Crippen LogP) is 4.33. The Hall–Kier alpha value is -0.700. The van der Waals surface area contributed by atoms with Gasteiger partial charge in [0.25, 0.3) is 0 Å². The highest BCUT2D eigenvalue weighted by Gasteiger charge is 2.38. The van der Waals surface area contributed by atoms with Crippen LogP contribution in [0.3, 0.4) is 0 Å². The molecule has 1 unspecified atom stereocenters. The van der Waals surface area contributed by atoms with Crippen molar-refractivity contribution in [1.82, 2.24) is 0 Å². The van der Waals surface area contributed by atoms with Crippen molar-refractivity contribution in [2.75, 3.05) is 13.2 Å². The van der Waals surface area contributed by atoms with Gasteiger partial charge in [-0.3, -0.25) is 18.4 Å². The van der Waals surface area contributed by atoms with Crippen molar-refractivity contribution >= 4 is 13.1 Å². The first-order chi connectivity index (χ1) is 9.05. The number of unbranched alkanes of at least 4 members (excludes halogenated alkanes) is 1. The largest absolute Gasteiger partial charge is 0.397 e. The van der Waals surface area contributed by atoms with Gasteiger partial charge in [0.1, 0.15) is 0 Å². The van der Waals surface area contributed by atoms with E-state index in [-0.39, 0.29) is 19.1 Å². The van der Waals surface area contributed by atoms with Gasteiger partial charge >= 0.3 is 7.60 Å². The van der Waals surface area contributed by atoms with Gasteiger partial charge in [0.15, 0.2) is 0 Å². The number of carbonyl (C=O) groups is 1. The van der Waals surface area contributed by atoms with Crippen molar-refractivity contribution < 1.29 is 18.4 Å². The fourth-order valence-corrected chi connectivity index (χ4v) is 3.33. The molecule has 4 nitrogen and oxygen atoms in total. The summed E-state index contributed by atoms with van der Waals surface area (Å²) in [6, 6.07) is 0. The maximum Gasteiger partial charge on any atom is 0.397 e. The maximum atomic E-state index is 12.5. The quantitative estimate of drug-likeness (QED) is 0.396. The molecule has 19 heavy (non-hydrogen) atoms. The van der Waals surface area contributed by atoms with Gasteiger partial charge in [-0.1, -0.05) is 38.8 Å². The minimum Gasteiger partial charge on any atom is -0.299 e. The maximum absolute atomic E-state index is 12.5. The van der Waals surface area contributed by atoms with Crippen molar-refractivity contribution in [3.05, 3.63) is 25.3 Å². The Labute approximate surface area is 116 Å². The zero-order valence-corrected chi connectivity index (χ0v) is 12.9. The van der Waals surface area contributed by atoms with Gasteiger partial charge in [-0.25, -0.2) is 0 Å². The first kappa shape index (κ1) is 18.3. The minimum absolute atomic E-state index is 0.0321. The van der Waals surface area contributed by atoms with Crippen LogP contribution in [0.25, 0.3) is 0 Å². The van der Waals surface area contributed by atoms with Gasteiger partial charge in [0.05, 0.1) is 13.2 Å². The average Bonchev–Trinajstić information content (AvgIpc) is 2.43. The summed E-state index contributed by atoms with van der Waals surface area (Å²) in [5.74, 6) is -0.277. The van der Waals surface area contributed by atoms with Crippen LogP contribution in [0.15, 0.2) is 25.3 Å². The van der Waals surface area contributed by atoms with E-state index in [0.717, 1.165) is 12.8 Å². The lowest BCUT2D eigenvalue weighted by Gasteiger charge is -2.20. The molecule has 0 aliphatic carbocycles. The lowest BCUT2D eigenvalue weighted by atomic mass is 10.0. The highest BCUT2D eigenvalue weighted by atomic mass is 31.2. The molecular weight excluding hydrogens is 263 g/mol. The molecule has 0 spiro atoms. The van der Waals surface area contributed by atoms with Crippen LogP contribution in [0, 0.1) is 5.92 Å². The van der Waals surface area contributed by atoms with E-state index in [1.54, 1.807) is 0 Å². The molecule has 0 aliphatic rings. The topological polar surface area (TPSA) is 52.6 Å². The van der Waals surface area contributed by atoms with E-state index in [2.05, 4.69) is 20.1 Å². The molecule has 0 saturated carbocycles. The van der Waals surface area contributed by atoms with E-state index in [4.69, 9.17) is 9.05 Å². The summed E-state index contributed by atoms with van der Waals surface area (Å²) in [5, 5.41) is 0. The predicted molar refractivity (Wildman–Crippen MR) is 78.2 cm³/mol. The van der Waals surface area contributed by atoms with Crippen molar-refractivity contribution in [2.24, 2.45) is 5.92 Å². The molecule has 110 valence electrons. The Morgan fingerprint density at radius 3 is 2.11 bits per heavy atom. The van der Waals surface area contributed by atoms with Crippen LogP contribution in [0.4, 0.5) is 0 Å². The van der Waals surface area contributed by atoms with Crippen molar-refractivity contribution in [1.29, 1.82) is 0 Å². The fraction of sp³-hybridized carbons (Fsp3) is 0.643. The lowest BCUT2D eigenvalue weighted by molar-refractivity contribution is -0.117. The summed E-state index contributed by atoms with van der Waals surface area (Å²) in [5.41, 5.74) is -0.424. The van der Waals surface area contributed by atoms with Crippen LogP contribution in [0.1, 0.15) is 39.5 Å². The van der Waals surface area contributed by atoms with Gasteiger partial charge in [-0.2, -0.15) is 0 Å². The molecule has 0 aromatic rings. The zero-order valence-electron chi connectivity index (χ0n) is 12.0. The first-order valence-corrected chi connectivity index (χ1v) is 8.25. The van der Waals surface area contributed by atoms with E-state index in [0.29, 0.717) is 12.8 Å². The SMILES string of the molecule is C=CCOP(=O)(OCC=C)C(=O)C(CC)CCCC. The van der Waals surface area contributed by atoms with Crippen LogP contribution >= 0.6 is 7.60 Å². The third-order valence-corrected chi connectivity index (χ3v) is 4.63. The van der Waals surface area contributed by atoms with Crippen molar-refractivity contribution in [2.45, 2.75) is 39.5 Å². The minimum atomic E-state index is -3.74. The van der Waals surface area contributed by atoms with Gasteiger partial charge in [0.2, 0.25) is 5.52 Å². The van der Waals surface area contributed by atoms with Crippen LogP contribution in [0.5, 0.6) is 0 Å². The van der Waals surface area contributed by atoms with Gasteiger partial charge in [0, 0.05) is 5.92 Å². The number of carbonyl (C=O) groups excluding carboxylic acids is 1. The molecule has 0 radical (unpaired) electrons. The molecule has 0 heterocycles. The van der Waals surface area contributed by atoms with E-state index in [1.165, 1.54) is 12.2 Å². The standard InChI is InChI=1S/C14H25O4P/c1-5-9-10-13(8-4)14(15)19(16,17-11-6-2)18-12-7-3/h6-7,13H,2-3,5,8-12H2,1,4H3. The molecule has 0 amide bonds. The first-order valence-electron chi connectivity index (χ1n) is 6.71. The smallest absolute Gasteiger partial charge is 0.299 e. The monoisotopic (exact) mass is 288 g/mol. The zero-order chi connectivity index (χ0) is 14.7. The second-order valence-electron chi connectivity index (χ2n) is 4.25. The highest BCUT2D eigenvalue weighted by molar-refractivity contribution is 7.71. The summed E-state index contributed by atoms with van der Waals surface area (Å²) in [4.78, 5) is 12.3. The Balaban J connectivity index is 4.88. The van der Waals surface area contributed by atoms with Crippen molar-refractivity contribution in [3.63, 3.8) is 0 Å². The molecule has 0 fully saturated rings. The van der Waals surface area contributed by atoms with E-state index in [1.807, 2.05) is 6.92 Å². The van der Waals surface area contributed by atoms with Crippen molar-refractivity contribution in [3.8, 4) is 0 Å². The Morgan fingerprint density at radius 2 is 1.74 bits per heavy atom. The normalized spacial score (nSPS) is 12.9. The summed E-state index contributed by atoms with van der Waals surface area (Å²) in [6.07, 6.45) is 6.17. The van der Waals surface area contributed by atoms with E-state index >= 15 is 0 Å². The van der Waals surface area contributed by atoms with E-state index in [9.17, 15) is 9.36 Å². The van der Waals surface area contributed by atoms with Crippen LogP contribution in [-0.4, -0.2) is 18.7 Å². The van der Waals surface area contributed by atoms with Crippen LogP contribution in [-0.2, 0) is 18.4 Å². The third-order valence-electron chi connectivity index (χ3n) is 2.74. The molecule has 0 bridgehead atoms. The summed E-state index contributed by atoms with van der Waals surface area (Å²) in [7, 11) is -3.74. The number of rotatable bonds is 12. The molecule has 5 heteroatoms. The molecule has 0 saturated heterocycles. The number of hydrogen-bond acceptors (Lipinski definition) is 4. The Bertz CT molecular complexity index is 322. The Morgan fingerprint density at radius 1 is 1.21 bits per heavy atom. The third kappa shape index (κ3) is 6.33. The number of hydrogen-bond donors (Lipinski definition) is 0. The summed E-state index contributed by atoms with van der Waals surface area (Å²) in [6.45, 7) is 11.0. The second kappa shape index (κ2) is 10.1. The van der Waals surface area contributed by atoms with Gasteiger partial charge in [-0.15, -0.1) is 13.2 Å². The average molecular weight is 288 g/mol. The Kier molecular flexibility index (Phi) is 9.76. The van der Waals surface area contributed by atoms with E-state index < -0.39 is 13.1 Å². The van der Waals surface area contributed by atoms with Crippen LogP contribution in [0.2, 0.25) is 0 Å². The molecule has 0 aromatic carbocycles. The van der Waals surface area contributed by atoms with Gasteiger partial charge in [-0.05, 0) is 12.8 Å². The molecule has 1 atom stereocenters. The molecule has 0 N–H and O–H groups in total. The summed E-state index contributed by atoms with van der Waals surface area (Å²) >= 11 is 0. The molecular formula is C14H25O4P. The lowest BCUT2D eigenvalue weighted by Crippen LogP contribution is -2.17. The van der Waals surface area contributed by atoms with Crippen LogP contribution < -0.4 is 0 Å². The van der Waals surface area contributed by atoms with Gasteiger partial charge < -0.3 is 0 Å². The highest BCUT2D eigenvalue weighted by Crippen LogP contribution is 2.52. The summed E-state index contributed by atoms with van der Waals surface area (Å²) < 4.78 is 22.8. The fourth-order valence-electron chi connectivity index (χ4n) is 1.64. The second-order valence-corrected chi connectivity index (χ2v) is 6.20. The molecule has 0 aliphatic heterocycles. The molecule has 0 aromatic heterocycles.